The van der Waals surface area contributed by atoms with Crippen molar-refractivity contribution in [1.29, 1.82) is 0 Å². The molecule has 7 atom stereocenters. The van der Waals surface area contributed by atoms with E-state index in [0.717, 1.165) is 32.2 Å². The molecule has 0 heterocycles. The van der Waals surface area contributed by atoms with Crippen LogP contribution in [0.15, 0.2) is 97.1 Å². The molecule has 0 radical (unpaired) electrons. The summed E-state index contributed by atoms with van der Waals surface area (Å²) in [6.45, 7) is 13.0. The molecule has 3 nitrogen and oxygen atoms in total. The molecular weight excluding hydrogens is 567 g/mol. The molecular formula is C41H55NO2Si. The number of nitrogens with two attached hydrogens (primary N) is 1. The van der Waals surface area contributed by atoms with Crippen LogP contribution in [-0.2, 0) is 4.43 Å². The first-order valence-corrected chi connectivity index (χ1v) is 19.3. The minimum atomic E-state index is -2.66. The summed E-state index contributed by atoms with van der Waals surface area (Å²) in [6.07, 6.45) is 9.11. The third-order valence-corrected chi connectivity index (χ3v) is 17.8. The van der Waals surface area contributed by atoms with E-state index in [1.165, 1.54) is 34.4 Å². The molecule has 2 fully saturated rings. The molecule has 3 aliphatic carbocycles. The third-order valence-electron chi connectivity index (χ3n) is 12.7. The van der Waals surface area contributed by atoms with Gasteiger partial charge in [0.2, 0.25) is 0 Å². The predicted octanol–water partition coefficient (Wildman–Crippen LogP) is 7.83. The molecule has 0 unspecified atom stereocenters. The molecule has 0 spiro atoms. The van der Waals surface area contributed by atoms with Gasteiger partial charge in [-0.25, -0.2) is 0 Å². The van der Waals surface area contributed by atoms with E-state index in [0.29, 0.717) is 17.8 Å². The lowest BCUT2D eigenvalue weighted by Crippen LogP contribution is -2.68. The highest BCUT2D eigenvalue weighted by atomic mass is 28.4. The maximum atomic E-state index is 11.1. The minimum Gasteiger partial charge on any atom is -0.404 e. The van der Waals surface area contributed by atoms with Crippen molar-refractivity contribution in [3.05, 3.63) is 103 Å². The lowest BCUT2D eigenvalue weighted by Gasteiger charge is -2.57. The molecule has 0 amide bonds. The van der Waals surface area contributed by atoms with Crippen molar-refractivity contribution < 1.29 is 9.53 Å². The van der Waals surface area contributed by atoms with Crippen LogP contribution in [0.3, 0.4) is 0 Å². The fraction of sp³-hybridized carbons (Fsp3) is 0.512. The molecule has 45 heavy (non-hydrogen) atoms. The average molecular weight is 622 g/mol. The zero-order valence-corrected chi connectivity index (χ0v) is 29.2. The summed E-state index contributed by atoms with van der Waals surface area (Å²) in [5, 5.41) is 13.7. The van der Waals surface area contributed by atoms with E-state index in [9.17, 15) is 5.11 Å². The van der Waals surface area contributed by atoms with E-state index < -0.39 is 8.32 Å². The molecule has 4 heteroatoms. The molecule has 3 aromatic rings. The van der Waals surface area contributed by atoms with Gasteiger partial charge >= 0.3 is 0 Å². The van der Waals surface area contributed by atoms with E-state index in [1.54, 1.807) is 0 Å². The highest BCUT2D eigenvalue weighted by molar-refractivity contribution is 6.99. The van der Waals surface area contributed by atoms with E-state index >= 15 is 0 Å². The van der Waals surface area contributed by atoms with Crippen molar-refractivity contribution in [1.82, 2.24) is 0 Å². The Bertz CT molecular complexity index is 1410. The number of fused-ring (bicyclic) bond motifs is 1. The van der Waals surface area contributed by atoms with Crippen LogP contribution >= 0.6 is 0 Å². The molecule has 3 aliphatic rings. The lowest BCUT2D eigenvalue weighted by molar-refractivity contribution is -0.0877. The molecule has 240 valence electrons. The number of aliphatic hydroxyl groups excluding tert-OH is 1. The number of rotatable bonds is 8. The Balaban J connectivity index is 1.28. The molecule has 2 saturated carbocycles. The van der Waals surface area contributed by atoms with Crippen molar-refractivity contribution in [2.45, 2.75) is 84.3 Å². The van der Waals surface area contributed by atoms with Gasteiger partial charge in [0, 0.05) is 12.7 Å². The summed E-state index contributed by atoms with van der Waals surface area (Å²) < 4.78 is 7.62. The molecule has 6 rings (SSSR count). The van der Waals surface area contributed by atoms with Gasteiger partial charge in [-0.3, -0.25) is 0 Å². The second-order valence-corrected chi connectivity index (χ2v) is 20.1. The van der Waals surface area contributed by atoms with Crippen LogP contribution in [0.4, 0.5) is 0 Å². The van der Waals surface area contributed by atoms with E-state index in [2.05, 4.69) is 132 Å². The minimum absolute atomic E-state index is 0.0426. The quantitative estimate of drug-likeness (QED) is 0.252. The zero-order valence-electron chi connectivity index (χ0n) is 28.2. The Labute approximate surface area is 273 Å². The first kappa shape index (κ1) is 32.4. The van der Waals surface area contributed by atoms with Gasteiger partial charge in [0.15, 0.2) is 0 Å². The van der Waals surface area contributed by atoms with Crippen molar-refractivity contribution >= 4 is 24.3 Å². The van der Waals surface area contributed by atoms with Crippen LogP contribution in [0.1, 0.15) is 78.7 Å². The highest BCUT2D eigenvalue weighted by Crippen LogP contribution is 2.64. The number of hydrogen-bond acceptors (Lipinski definition) is 3. The van der Waals surface area contributed by atoms with E-state index in [1.807, 2.05) is 0 Å². The molecule has 3 N–H and O–H groups in total. The SMILES string of the molecule is CC(C)(C)[Si](O[C@H]1CC[C@](C)([C@H]2CC[C@]3(C)C(c4ccccc4)=CC[C@H]3[C@@H]2CN)[C@@H](CO)C1)(c1ccccc1)c1ccccc1. The van der Waals surface area contributed by atoms with Gasteiger partial charge in [0.05, 0.1) is 0 Å². The Morgan fingerprint density at radius 3 is 1.93 bits per heavy atom. The first-order chi connectivity index (χ1) is 21.6. The summed E-state index contributed by atoms with van der Waals surface area (Å²) >= 11 is 0. The topological polar surface area (TPSA) is 55.5 Å². The fourth-order valence-corrected chi connectivity index (χ4v) is 15.0. The summed E-state index contributed by atoms with van der Waals surface area (Å²) in [6, 6.07) is 33.0. The predicted molar refractivity (Wildman–Crippen MR) is 191 cm³/mol. The second kappa shape index (κ2) is 12.6. The molecule has 0 aliphatic heterocycles. The molecule has 0 saturated heterocycles. The first-order valence-electron chi connectivity index (χ1n) is 17.4. The third kappa shape index (κ3) is 5.50. The molecule has 3 aromatic carbocycles. The monoisotopic (exact) mass is 621 g/mol. The maximum Gasteiger partial charge on any atom is 0.261 e. The standard InChI is InChI=1S/C41H55NO2Si/c1-39(2,3)45(33-17-11-7-12-18-33,34-19-13-8-14-20-34)44-32-23-25-40(4,31(27-32)29-43)38-24-26-41(5)36(30-15-9-6-10-16-30)21-22-37(41)35(38)28-42/h6-21,31-32,35,37-38,43H,22-29,42H2,1-5H3/t31-,32+,35+,37+,38+,40+,41-/m1/s1. The van der Waals surface area contributed by atoms with Crippen molar-refractivity contribution in [3.63, 3.8) is 0 Å². The van der Waals surface area contributed by atoms with Gasteiger partial charge < -0.3 is 15.3 Å². The van der Waals surface area contributed by atoms with Gasteiger partial charge in [-0.05, 0) is 106 Å². The largest absolute Gasteiger partial charge is 0.404 e. The van der Waals surface area contributed by atoms with Crippen LogP contribution in [0.2, 0.25) is 5.04 Å². The zero-order chi connectivity index (χ0) is 31.9. The van der Waals surface area contributed by atoms with Crippen molar-refractivity contribution in [3.8, 4) is 0 Å². The summed E-state index contributed by atoms with van der Waals surface area (Å²) in [4.78, 5) is 0. The maximum absolute atomic E-state index is 11.1. The summed E-state index contributed by atoms with van der Waals surface area (Å²) in [5.41, 5.74) is 9.83. The number of hydrogen-bond donors (Lipinski definition) is 2. The molecule has 0 bridgehead atoms. The number of benzene rings is 3. The van der Waals surface area contributed by atoms with Crippen LogP contribution < -0.4 is 16.1 Å². The van der Waals surface area contributed by atoms with Gasteiger partial charge in [-0.1, -0.05) is 132 Å². The van der Waals surface area contributed by atoms with Crippen molar-refractivity contribution in [2.24, 2.45) is 40.2 Å². The normalized spacial score (nSPS) is 32.2. The highest BCUT2D eigenvalue weighted by Gasteiger charge is 2.58. The lowest BCUT2D eigenvalue weighted by atomic mass is 9.48. The second-order valence-electron chi connectivity index (χ2n) is 15.9. The van der Waals surface area contributed by atoms with Gasteiger partial charge in [0.1, 0.15) is 0 Å². The number of allylic oxidation sites excluding steroid dienone is 2. The molecule has 0 aromatic heterocycles. The van der Waals surface area contributed by atoms with E-state index in [4.69, 9.17) is 10.2 Å². The average Bonchev–Trinajstić information content (AvgIpc) is 3.41. The number of aliphatic hydroxyl groups is 1. The Kier molecular flexibility index (Phi) is 9.08. The van der Waals surface area contributed by atoms with Crippen LogP contribution in [0, 0.1) is 34.5 Å². The smallest absolute Gasteiger partial charge is 0.261 e. The summed E-state index contributed by atoms with van der Waals surface area (Å²) in [5.74, 6) is 1.71. The Morgan fingerprint density at radius 2 is 1.40 bits per heavy atom. The van der Waals surface area contributed by atoms with Crippen LogP contribution in [-0.4, -0.2) is 32.7 Å². The van der Waals surface area contributed by atoms with Crippen molar-refractivity contribution in [2.75, 3.05) is 13.2 Å². The van der Waals surface area contributed by atoms with Gasteiger partial charge in [-0.2, -0.15) is 0 Å². The van der Waals surface area contributed by atoms with Gasteiger partial charge in [-0.15, -0.1) is 0 Å². The van der Waals surface area contributed by atoms with Gasteiger partial charge in [0.25, 0.3) is 8.32 Å². The van der Waals surface area contributed by atoms with E-state index in [-0.39, 0.29) is 34.5 Å². The fourth-order valence-electron chi connectivity index (χ4n) is 10.3. The Hall–Kier alpha value is -2.50. The summed E-state index contributed by atoms with van der Waals surface area (Å²) in [7, 11) is -2.66. The van der Waals surface area contributed by atoms with Crippen LogP contribution in [0.5, 0.6) is 0 Å². The van der Waals surface area contributed by atoms with Crippen LogP contribution in [0.25, 0.3) is 5.57 Å². The Morgan fingerprint density at radius 1 is 0.822 bits per heavy atom.